The lowest BCUT2D eigenvalue weighted by Crippen LogP contribution is -2.40. The van der Waals surface area contributed by atoms with Crippen LogP contribution in [0.25, 0.3) is 0 Å². The van der Waals surface area contributed by atoms with Gasteiger partial charge in [-0.15, -0.1) is 0 Å². The van der Waals surface area contributed by atoms with E-state index >= 15 is 0 Å². The summed E-state index contributed by atoms with van der Waals surface area (Å²) in [6.07, 6.45) is 3.34. The lowest BCUT2D eigenvalue weighted by atomic mass is 10.1. The molecular weight excluding hydrogens is 310 g/mol. The summed E-state index contributed by atoms with van der Waals surface area (Å²) in [6, 6.07) is 4.71. The molecule has 1 fully saturated rings. The molecule has 3 rings (SSSR count). The smallest absolute Gasteiger partial charge is 0.271 e. The molecule has 24 heavy (non-hydrogen) atoms. The molecular formula is C17H23N3O4. The zero-order valence-corrected chi connectivity index (χ0v) is 13.9. The van der Waals surface area contributed by atoms with Crippen LogP contribution in [0.1, 0.15) is 24.8 Å². The number of non-ortho nitro benzene ring substituents is 1. The molecule has 2 atom stereocenters. The minimum Gasteiger partial charge on any atom is -0.393 e. The van der Waals surface area contributed by atoms with E-state index in [-0.39, 0.29) is 30.2 Å². The fourth-order valence-corrected chi connectivity index (χ4v) is 3.75. The zero-order chi connectivity index (χ0) is 17.3. The van der Waals surface area contributed by atoms with E-state index in [0.29, 0.717) is 18.8 Å². The van der Waals surface area contributed by atoms with Crippen LogP contribution in [0.15, 0.2) is 18.2 Å². The Bertz CT molecular complexity index is 649. The number of anilines is 1. The first-order valence-corrected chi connectivity index (χ1v) is 8.40. The van der Waals surface area contributed by atoms with Crippen molar-refractivity contribution in [1.29, 1.82) is 0 Å². The Morgan fingerprint density at radius 2 is 2.25 bits per heavy atom. The molecule has 1 aromatic rings. The predicted octanol–water partition coefficient (Wildman–Crippen LogP) is 1.58. The van der Waals surface area contributed by atoms with Crippen molar-refractivity contribution in [2.75, 3.05) is 31.6 Å². The summed E-state index contributed by atoms with van der Waals surface area (Å²) in [6.45, 7) is 1.52. The van der Waals surface area contributed by atoms with Crippen molar-refractivity contribution < 1.29 is 14.8 Å². The number of nitro benzene ring substituents is 1. The molecule has 0 radical (unpaired) electrons. The number of likely N-dealkylation sites (N-methyl/N-ethyl adjacent to an activating group) is 1. The van der Waals surface area contributed by atoms with E-state index < -0.39 is 4.92 Å². The minimum absolute atomic E-state index is 0.0101. The number of fused-ring (bicyclic) bond motifs is 1. The van der Waals surface area contributed by atoms with Gasteiger partial charge in [-0.2, -0.15) is 0 Å². The highest BCUT2D eigenvalue weighted by Crippen LogP contribution is 2.32. The third kappa shape index (κ3) is 3.42. The molecule has 1 aliphatic heterocycles. The van der Waals surface area contributed by atoms with Gasteiger partial charge in [0.2, 0.25) is 5.91 Å². The summed E-state index contributed by atoms with van der Waals surface area (Å²) >= 11 is 0. The van der Waals surface area contributed by atoms with E-state index in [4.69, 9.17) is 0 Å². The standard InChI is InChI=1S/C17H23N3O4/c1-18(10-13-3-2-4-16(13)21)11-17(22)19-8-7-12-5-6-14(20(23)24)9-15(12)19/h5-6,9,13,16,21H,2-4,7-8,10-11H2,1H3. The van der Waals surface area contributed by atoms with Crippen molar-refractivity contribution in [2.24, 2.45) is 5.92 Å². The Balaban J connectivity index is 1.64. The van der Waals surface area contributed by atoms with Crippen LogP contribution in [0.2, 0.25) is 0 Å². The van der Waals surface area contributed by atoms with Gasteiger partial charge in [0.05, 0.1) is 23.3 Å². The molecule has 1 aromatic carbocycles. The number of nitrogens with zero attached hydrogens (tertiary/aromatic N) is 3. The fraction of sp³-hybridized carbons (Fsp3) is 0.588. The molecule has 0 spiro atoms. The van der Waals surface area contributed by atoms with E-state index in [1.165, 1.54) is 12.1 Å². The number of carbonyl (C=O) groups excluding carboxylic acids is 1. The number of aliphatic hydroxyl groups excluding tert-OH is 1. The average molecular weight is 333 g/mol. The molecule has 7 heteroatoms. The van der Waals surface area contributed by atoms with Crippen LogP contribution < -0.4 is 4.90 Å². The molecule has 2 unspecified atom stereocenters. The quantitative estimate of drug-likeness (QED) is 0.653. The monoisotopic (exact) mass is 333 g/mol. The Hall–Kier alpha value is -1.99. The van der Waals surface area contributed by atoms with Crippen molar-refractivity contribution in [1.82, 2.24) is 4.90 Å². The second-order valence-corrected chi connectivity index (χ2v) is 6.82. The zero-order valence-electron chi connectivity index (χ0n) is 13.9. The maximum absolute atomic E-state index is 12.6. The van der Waals surface area contributed by atoms with Crippen molar-refractivity contribution in [2.45, 2.75) is 31.8 Å². The molecule has 1 amide bonds. The van der Waals surface area contributed by atoms with Gasteiger partial charge in [-0.3, -0.25) is 19.8 Å². The molecule has 2 aliphatic rings. The Labute approximate surface area is 141 Å². The molecule has 1 N–H and O–H groups in total. The van der Waals surface area contributed by atoms with E-state index in [1.54, 1.807) is 11.0 Å². The van der Waals surface area contributed by atoms with Gasteiger partial charge in [0.1, 0.15) is 0 Å². The van der Waals surface area contributed by atoms with Crippen LogP contribution in [0.5, 0.6) is 0 Å². The van der Waals surface area contributed by atoms with E-state index in [0.717, 1.165) is 31.2 Å². The molecule has 1 aliphatic carbocycles. The number of hydrogen-bond donors (Lipinski definition) is 1. The number of aliphatic hydroxyl groups is 1. The van der Waals surface area contributed by atoms with E-state index in [9.17, 15) is 20.0 Å². The SMILES string of the molecule is CN(CC(=O)N1CCc2ccc([N+](=O)[O-])cc21)CC1CCCC1O. The molecule has 7 nitrogen and oxygen atoms in total. The first kappa shape index (κ1) is 16.9. The minimum atomic E-state index is -0.436. The van der Waals surface area contributed by atoms with Crippen LogP contribution in [-0.4, -0.2) is 53.6 Å². The van der Waals surface area contributed by atoms with Gasteiger partial charge in [0.25, 0.3) is 5.69 Å². The number of carbonyl (C=O) groups is 1. The highest BCUT2D eigenvalue weighted by atomic mass is 16.6. The summed E-state index contributed by atoms with van der Waals surface area (Å²) in [5, 5.41) is 20.9. The first-order chi connectivity index (χ1) is 11.5. The molecule has 0 aromatic heterocycles. The highest BCUT2D eigenvalue weighted by Gasteiger charge is 2.29. The Morgan fingerprint density at radius 1 is 1.46 bits per heavy atom. The van der Waals surface area contributed by atoms with Crippen molar-refractivity contribution in [3.05, 3.63) is 33.9 Å². The molecule has 0 bridgehead atoms. The van der Waals surface area contributed by atoms with Crippen molar-refractivity contribution in [3.8, 4) is 0 Å². The van der Waals surface area contributed by atoms with Gasteiger partial charge in [0, 0.05) is 25.2 Å². The van der Waals surface area contributed by atoms with Gasteiger partial charge >= 0.3 is 0 Å². The second kappa shape index (κ2) is 6.86. The van der Waals surface area contributed by atoms with Crippen LogP contribution in [0.3, 0.4) is 0 Å². The van der Waals surface area contributed by atoms with Gasteiger partial charge in [-0.1, -0.05) is 12.5 Å². The Kier molecular flexibility index (Phi) is 4.82. The lowest BCUT2D eigenvalue weighted by Gasteiger charge is -2.25. The average Bonchev–Trinajstić information content (AvgIpc) is 3.13. The highest BCUT2D eigenvalue weighted by molar-refractivity contribution is 5.97. The normalized spacial score (nSPS) is 22.9. The van der Waals surface area contributed by atoms with Gasteiger partial charge in [-0.05, 0) is 37.8 Å². The summed E-state index contributed by atoms with van der Waals surface area (Å²) < 4.78 is 0. The summed E-state index contributed by atoms with van der Waals surface area (Å²) in [4.78, 5) is 26.7. The molecule has 0 saturated heterocycles. The summed E-state index contributed by atoms with van der Waals surface area (Å²) in [5.74, 6) is 0.180. The second-order valence-electron chi connectivity index (χ2n) is 6.82. The van der Waals surface area contributed by atoms with Gasteiger partial charge in [0.15, 0.2) is 0 Å². The number of hydrogen-bond acceptors (Lipinski definition) is 5. The first-order valence-electron chi connectivity index (χ1n) is 8.40. The Morgan fingerprint density at radius 3 is 2.92 bits per heavy atom. The largest absolute Gasteiger partial charge is 0.393 e. The van der Waals surface area contributed by atoms with E-state index in [1.807, 2.05) is 11.9 Å². The summed E-state index contributed by atoms with van der Waals surface area (Å²) in [7, 11) is 1.88. The molecule has 130 valence electrons. The van der Waals surface area contributed by atoms with Crippen molar-refractivity contribution in [3.63, 3.8) is 0 Å². The number of amides is 1. The van der Waals surface area contributed by atoms with Crippen LogP contribution in [0, 0.1) is 16.0 Å². The maximum Gasteiger partial charge on any atom is 0.271 e. The number of rotatable bonds is 5. The predicted molar refractivity (Wildman–Crippen MR) is 90.0 cm³/mol. The third-order valence-corrected chi connectivity index (χ3v) is 5.05. The lowest BCUT2D eigenvalue weighted by molar-refractivity contribution is -0.384. The molecule has 1 heterocycles. The van der Waals surface area contributed by atoms with Crippen LogP contribution >= 0.6 is 0 Å². The van der Waals surface area contributed by atoms with Crippen LogP contribution in [-0.2, 0) is 11.2 Å². The molecule has 1 saturated carbocycles. The maximum atomic E-state index is 12.6. The third-order valence-electron chi connectivity index (χ3n) is 5.05. The van der Waals surface area contributed by atoms with Crippen molar-refractivity contribution >= 4 is 17.3 Å². The van der Waals surface area contributed by atoms with Crippen LogP contribution in [0.4, 0.5) is 11.4 Å². The van der Waals surface area contributed by atoms with E-state index in [2.05, 4.69) is 0 Å². The number of benzene rings is 1. The summed E-state index contributed by atoms with van der Waals surface area (Å²) in [5.41, 5.74) is 1.64. The fourth-order valence-electron chi connectivity index (χ4n) is 3.75. The van der Waals surface area contributed by atoms with Gasteiger partial charge < -0.3 is 10.0 Å². The number of nitro groups is 1. The topological polar surface area (TPSA) is 86.9 Å². The van der Waals surface area contributed by atoms with Gasteiger partial charge in [-0.25, -0.2) is 0 Å².